The highest BCUT2D eigenvalue weighted by atomic mass is 16.5. The van der Waals surface area contributed by atoms with Crippen molar-refractivity contribution in [3.05, 3.63) is 47.3 Å². The van der Waals surface area contributed by atoms with Crippen molar-refractivity contribution in [2.45, 2.75) is 46.7 Å². The number of nitrogens with one attached hydrogen (secondary N) is 2. The summed E-state index contributed by atoms with van der Waals surface area (Å²) in [6.45, 7) is 11.7. The van der Waals surface area contributed by atoms with Gasteiger partial charge in [-0.3, -0.25) is 4.68 Å². The Bertz CT molecular complexity index is 812. The normalized spacial score (nSPS) is 16.6. The number of aryl methyl sites for hydroxylation is 3. The highest BCUT2D eigenvalue weighted by Gasteiger charge is 2.17. The van der Waals surface area contributed by atoms with Crippen LogP contribution in [0.4, 0.5) is 0 Å². The highest BCUT2D eigenvalue weighted by molar-refractivity contribution is 5.79. The smallest absolute Gasteiger partial charge is 0.191 e. The van der Waals surface area contributed by atoms with E-state index in [9.17, 15) is 0 Å². The maximum atomic E-state index is 6.14. The second-order valence-electron chi connectivity index (χ2n) is 7.91. The number of hydrogen-bond donors (Lipinski definition) is 2. The molecule has 164 valence electrons. The summed E-state index contributed by atoms with van der Waals surface area (Å²) >= 11 is 0. The quantitative estimate of drug-likeness (QED) is 0.356. The first kappa shape index (κ1) is 22.2. The molecule has 30 heavy (non-hydrogen) atoms. The van der Waals surface area contributed by atoms with Crippen molar-refractivity contribution in [3.8, 4) is 5.75 Å². The number of nitrogens with zero attached hydrogens (tertiary/aromatic N) is 3. The van der Waals surface area contributed by atoms with Gasteiger partial charge in [-0.2, -0.15) is 5.10 Å². The van der Waals surface area contributed by atoms with Gasteiger partial charge < -0.3 is 20.1 Å². The van der Waals surface area contributed by atoms with Crippen LogP contribution in [0.2, 0.25) is 0 Å². The Morgan fingerprint density at radius 1 is 1.30 bits per heavy atom. The van der Waals surface area contributed by atoms with Gasteiger partial charge >= 0.3 is 0 Å². The lowest BCUT2D eigenvalue weighted by Crippen LogP contribution is -2.38. The van der Waals surface area contributed by atoms with E-state index < -0.39 is 0 Å². The van der Waals surface area contributed by atoms with Gasteiger partial charge in [0.25, 0.3) is 0 Å². The van der Waals surface area contributed by atoms with Gasteiger partial charge in [0.2, 0.25) is 0 Å². The van der Waals surface area contributed by atoms with Crippen LogP contribution in [-0.4, -0.2) is 48.7 Å². The SMILES string of the molecule is CCNC(=NCc1ccc(C)cc1OCC1CCOC1)NCCCn1cc(C)cn1. The Morgan fingerprint density at radius 3 is 2.93 bits per heavy atom. The first-order valence-electron chi connectivity index (χ1n) is 11.0. The zero-order chi connectivity index (χ0) is 21.2. The number of rotatable bonds is 10. The maximum Gasteiger partial charge on any atom is 0.191 e. The zero-order valence-electron chi connectivity index (χ0n) is 18.5. The lowest BCUT2D eigenvalue weighted by atomic mass is 10.1. The van der Waals surface area contributed by atoms with Gasteiger partial charge in [-0.05, 0) is 50.8 Å². The predicted molar refractivity (Wildman–Crippen MR) is 120 cm³/mol. The van der Waals surface area contributed by atoms with E-state index in [0.29, 0.717) is 19.1 Å². The summed E-state index contributed by atoms with van der Waals surface area (Å²) in [5.41, 5.74) is 3.48. The third-order valence-electron chi connectivity index (χ3n) is 5.09. The third-order valence-corrected chi connectivity index (χ3v) is 5.09. The molecule has 0 spiro atoms. The Balaban J connectivity index is 1.53. The Kier molecular flexibility index (Phi) is 8.56. The van der Waals surface area contributed by atoms with Crippen molar-refractivity contribution in [3.63, 3.8) is 0 Å². The fourth-order valence-electron chi connectivity index (χ4n) is 3.39. The Hall–Kier alpha value is -2.54. The van der Waals surface area contributed by atoms with Crippen LogP contribution < -0.4 is 15.4 Å². The summed E-state index contributed by atoms with van der Waals surface area (Å²) < 4.78 is 13.6. The fraction of sp³-hybridized carbons (Fsp3) is 0.565. The van der Waals surface area contributed by atoms with Gasteiger partial charge in [-0.1, -0.05) is 12.1 Å². The molecule has 1 fully saturated rings. The molecule has 0 amide bonds. The van der Waals surface area contributed by atoms with Crippen LogP contribution in [0.3, 0.4) is 0 Å². The van der Waals surface area contributed by atoms with E-state index in [2.05, 4.69) is 60.9 Å². The largest absolute Gasteiger partial charge is 0.493 e. The third kappa shape index (κ3) is 7.06. The van der Waals surface area contributed by atoms with E-state index in [0.717, 1.165) is 63.0 Å². The number of benzene rings is 1. The summed E-state index contributed by atoms with van der Waals surface area (Å²) in [4.78, 5) is 4.77. The lowest BCUT2D eigenvalue weighted by Gasteiger charge is -2.15. The molecule has 7 heteroatoms. The molecule has 0 aliphatic carbocycles. The summed E-state index contributed by atoms with van der Waals surface area (Å²) in [5.74, 6) is 2.24. The zero-order valence-corrected chi connectivity index (χ0v) is 18.5. The van der Waals surface area contributed by atoms with Crippen molar-refractivity contribution in [1.29, 1.82) is 0 Å². The number of aromatic nitrogens is 2. The van der Waals surface area contributed by atoms with Crippen LogP contribution in [0.15, 0.2) is 35.6 Å². The summed E-state index contributed by atoms with van der Waals surface area (Å²) in [5, 5.41) is 11.1. The molecular weight excluding hydrogens is 378 g/mol. The summed E-state index contributed by atoms with van der Waals surface area (Å²) in [6.07, 6.45) is 6.01. The van der Waals surface area contributed by atoms with Crippen molar-refractivity contribution >= 4 is 5.96 Å². The van der Waals surface area contributed by atoms with E-state index in [4.69, 9.17) is 14.5 Å². The van der Waals surface area contributed by atoms with Crippen molar-refractivity contribution in [1.82, 2.24) is 20.4 Å². The standard InChI is InChI=1S/C23H35N5O2/c1-4-24-23(25-9-5-10-28-15-19(3)13-27-28)26-14-21-7-6-18(2)12-22(21)30-17-20-8-11-29-16-20/h6-7,12-13,15,20H,4-5,8-11,14,16-17H2,1-3H3,(H2,24,25,26). The molecule has 2 N–H and O–H groups in total. The molecule has 1 unspecified atom stereocenters. The number of ether oxygens (including phenoxy) is 2. The number of hydrogen-bond acceptors (Lipinski definition) is 4. The van der Waals surface area contributed by atoms with E-state index in [1.165, 1.54) is 11.1 Å². The van der Waals surface area contributed by atoms with Gasteiger partial charge in [0.15, 0.2) is 5.96 Å². The molecule has 1 aliphatic heterocycles. The van der Waals surface area contributed by atoms with Gasteiger partial charge in [0, 0.05) is 43.9 Å². The molecule has 7 nitrogen and oxygen atoms in total. The molecule has 2 aromatic rings. The van der Waals surface area contributed by atoms with E-state index in [1.54, 1.807) is 0 Å². The molecule has 1 aromatic carbocycles. The molecule has 0 bridgehead atoms. The molecule has 1 aromatic heterocycles. The summed E-state index contributed by atoms with van der Waals surface area (Å²) in [7, 11) is 0. The average molecular weight is 414 g/mol. The van der Waals surface area contributed by atoms with Crippen LogP contribution in [0.5, 0.6) is 5.75 Å². The first-order valence-corrected chi connectivity index (χ1v) is 11.0. The molecule has 1 saturated heterocycles. The van der Waals surface area contributed by atoms with Crippen molar-refractivity contribution < 1.29 is 9.47 Å². The molecule has 1 atom stereocenters. The Morgan fingerprint density at radius 2 is 2.20 bits per heavy atom. The van der Waals surface area contributed by atoms with Crippen LogP contribution in [-0.2, 0) is 17.8 Å². The van der Waals surface area contributed by atoms with E-state index >= 15 is 0 Å². The maximum absolute atomic E-state index is 6.14. The lowest BCUT2D eigenvalue weighted by molar-refractivity contribution is 0.166. The van der Waals surface area contributed by atoms with Gasteiger partial charge in [0.05, 0.1) is 26.0 Å². The van der Waals surface area contributed by atoms with Crippen LogP contribution in [0, 0.1) is 19.8 Å². The second-order valence-corrected chi connectivity index (χ2v) is 7.91. The summed E-state index contributed by atoms with van der Waals surface area (Å²) in [6, 6.07) is 6.33. The highest BCUT2D eigenvalue weighted by Crippen LogP contribution is 2.23. The Labute approximate surface area is 179 Å². The van der Waals surface area contributed by atoms with Crippen molar-refractivity contribution in [2.24, 2.45) is 10.9 Å². The number of guanidine groups is 1. The minimum Gasteiger partial charge on any atom is -0.493 e. The molecular formula is C23H35N5O2. The van der Waals surface area contributed by atoms with Gasteiger partial charge in [0.1, 0.15) is 5.75 Å². The fourth-order valence-corrected chi connectivity index (χ4v) is 3.39. The van der Waals surface area contributed by atoms with Crippen molar-refractivity contribution in [2.75, 3.05) is 32.9 Å². The molecule has 3 rings (SSSR count). The van der Waals surface area contributed by atoms with Crippen LogP contribution in [0.25, 0.3) is 0 Å². The van der Waals surface area contributed by atoms with E-state index in [1.807, 2.05) is 10.9 Å². The topological polar surface area (TPSA) is 72.7 Å². The minimum absolute atomic E-state index is 0.486. The molecule has 0 saturated carbocycles. The molecule has 0 radical (unpaired) electrons. The minimum atomic E-state index is 0.486. The average Bonchev–Trinajstić information content (AvgIpc) is 3.40. The predicted octanol–water partition coefficient (Wildman–Crippen LogP) is 3.06. The first-order chi connectivity index (χ1) is 14.6. The second kappa shape index (κ2) is 11.6. The molecule has 1 aliphatic rings. The monoisotopic (exact) mass is 413 g/mol. The molecule has 2 heterocycles. The number of aliphatic imine (C=N–C) groups is 1. The van der Waals surface area contributed by atoms with Crippen LogP contribution in [0.1, 0.15) is 36.5 Å². The van der Waals surface area contributed by atoms with Gasteiger partial charge in [-0.15, -0.1) is 0 Å². The van der Waals surface area contributed by atoms with Gasteiger partial charge in [-0.25, -0.2) is 4.99 Å². The van der Waals surface area contributed by atoms with E-state index in [-0.39, 0.29) is 0 Å². The van der Waals surface area contributed by atoms with Crippen LogP contribution >= 0.6 is 0 Å².